The third-order valence-electron chi connectivity index (χ3n) is 4.70. The van der Waals surface area contributed by atoms with E-state index in [0.29, 0.717) is 34.0 Å². The molecule has 4 rings (SSSR count). The van der Waals surface area contributed by atoms with Crippen molar-refractivity contribution in [2.24, 2.45) is 0 Å². The first-order valence-corrected chi connectivity index (χ1v) is 10.4. The molecule has 8 heteroatoms. The molecule has 1 aliphatic heterocycles. The number of rotatable bonds is 2. The Morgan fingerprint density at radius 3 is 2.58 bits per heavy atom. The van der Waals surface area contributed by atoms with Gasteiger partial charge in [0.15, 0.2) is 0 Å². The summed E-state index contributed by atoms with van der Waals surface area (Å²) in [5.74, 6) is 0.673. The Morgan fingerprint density at radius 1 is 1.19 bits per heavy atom. The smallest absolute Gasteiger partial charge is 0.383 e. The lowest BCUT2D eigenvalue weighted by atomic mass is 9.98. The van der Waals surface area contributed by atoms with Crippen LogP contribution in [0.25, 0.3) is 21.7 Å². The number of aromatic nitrogens is 1. The van der Waals surface area contributed by atoms with Gasteiger partial charge in [-0.3, -0.25) is 4.79 Å². The van der Waals surface area contributed by atoms with Crippen molar-refractivity contribution in [2.45, 2.75) is 13.0 Å². The van der Waals surface area contributed by atoms with E-state index in [9.17, 15) is 14.4 Å². The molecule has 0 spiro atoms. The molecule has 31 heavy (non-hydrogen) atoms. The van der Waals surface area contributed by atoms with Crippen molar-refractivity contribution in [3.8, 4) is 34.0 Å². The van der Waals surface area contributed by atoms with Crippen molar-refractivity contribution in [3.05, 3.63) is 68.3 Å². The molecule has 158 valence electrons. The number of halogens is 1. The molecule has 3 heterocycles. The van der Waals surface area contributed by atoms with Crippen LogP contribution in [0, 0.1) is 12.3 Å². The fourth-order valence-corrected chi connectivity index (χ4v) is 4.50. The summed E-state index contributed by atoms with van der Waals surface area (Å²) < 4.78 is 10.7. The first-order chi connectivity index (χ1) is 14.9. The van der Waals surface area contributed by atoms with E-state index >= 15 is 0 Å². The van der Waals surface area contributed by atoms with E-state index in [2.05, 4.69) is 11.2 Å². The molecule has 0 saturated heterocycles. The van der Waals surface area contributed by atoms with Crippen LogP contribution >= 0.6 is 22.9 Å². The zero-order valence-electron chi connectivity index (χ0n) is 16.8. The molecular weight excluding hydrogens is 438 g/mol. The molecule has 2 aromatic heterocycles. The number of carbonyl (C=O) groups is 2. The maximum atomic E-state index is 13.1. The molecule has 0 saturated carbocycles. The summed E-state index contributed by atoms with van der Waals surface area (Å²) in [5.41, 5.74) is 3.23. The molecule has 0 N–H and O–H groups in total. The highest BCUT2D eigenvalue weighted by atomic mass is 35.5. The lowest BCUT2D eigenvalue weighted by Gasteiger charge is -2.22. The predicted octanol–water partition coefficient (Wildman–Crippen LogP) is 4.03. The quantitative estimate of drug-likeness (QED) is 0.331. The van der Waals surface area contributed by atoms with Gasteiger partial charge in [0.25, 0.3) is 5.56 Å². The number of carbonyl (C=O) groups excluding carboxylic acids is 2. The fraction of sp³-hybridized carbons (Fsp3) is 0.174. The highest BCUT2D eigenvalue weighted by Crippen LogP contribution is 2.37. The van der Waals surface area contributed by atoms with E-state index in [-0.39, 0.29) is 5.56 Å². The summed E-state index contributed by atoms with van der Waals surface area (Å²) in [6.45, 7) is 0.538. The number of thiophene rings is 1. The fourth-order valence-electron chi connectivity index (χ4n) is 3.28. The van der Waals surface area contributed by atoms with Crippen LogP contribution in [-0.4, -0.2) is 30.7 Å². The molecule has 6 nitrogen and oxygen atoms in total. The summed E-state index contributed by atoms with van der Waals surface area (Å²) in [6.07, 6.45) is 5.33. The van der Waals surface area contributed by atoms with Crippen LogP contribution in [0.4, 0.5) is 0 Å². The average Bonchev–Trinajstić information content (AvgIpc) is 3.27. The second-order valence-electron chi connectivity index (χ2n) is 6.44. The van der Waals surface area contributed by atoms with Crippen LogP contribution in [0.3, 0.4) is 0 Å². The van der Waals surface area contributed by atoms with E-state index in [1.807, 2.05) is 17.5 Å². The lowest BCUT2D eigenvalue weighted by Crippen LogP contribution is -2.29. The molecule has 0 fully saturated rings. The predicted molar refractivity (Wildman–Crippen MR) is 120 cm³/mol. The highest BCUT2D eigenvalue weighted by Gasteiger charge is 2.27. The second-order valence-corrected chi connectivity index (χ2v) is 7.79. The van der Waals surface area contributed by atoms with Crippen molar-refractivity contribution >= 4 is 34.9 Å². The van der Waals surface area contributed by atoms with Crippen molar-refractivity contribution in [1.29, 1.82) is 0 Å². The number of hydrogen-bond acceptors (Lipinski definition) is 6. The number of aryl methyl sites for hydroxylation is 1. The number of nitrogens with zero attached hydrogens (tertiary/aromatic N) is 1. The Hall–Kier alpha value is -3.34. The Bertz CT molecular complexity index is 1250. The molecule has 0 radical (unpaired) electrons. The van der Waals surface area contributed by atoms with Gasteiger partial charge in [-0.15, -0.1) is 17.8 Å². The van der Waals surface area contributed by atoms with Gasteiger partial charge in [0.05, 0.1) is 30.4 Å². The van der Waals surface area contributed by atoms with Crippen LogP contribution in [0.1, 0.15) is 15.9 Å². The standard InChI is InChI=1S/C19H14ClNO3S.C4H4O2/c1-24-19(23)15-10-14(12-3-2-4-13(20)9-12)18(22)21-7-5-11-6-8-25-17(11)16(15)21;1-3-4(5)6-2/h2-4,6,8-10H,5,7H2,1H3;1H,2H3. The van der Waals surface area contributed by atoms with Gasteiger partial charge in [-0.1, -0.05) is 23.7 Å². The molecule has 0 aliphatic carbocycles. The van der Waals surface area contributed by atoms with Crippen LogP contribution < -0.4 is 5.56 Å². The first-order valence-electron chi connectivity index (χ1n) is 9.14. The molecule has 0 atom stereocenters. The maximum absolute atomic E-state index is 13.1. The molecule has 3 aromatic rings. The highest BCUT2D eigenvalue weighted by molar-refractivity contribution is 7.13. The second kappa shape index (κ2) is 9.65. The van der Waals surface area contributed by atoms with Gasteiger partial charge in [0, 0.05) is 23.1 Å². The van der Waals surface area contributed by atoms with E-state index in [1.165, 1.54) is 25.6 Å². The SMILES string of the molecule is C#CC(=O)OC.COC(=O)c1cc(-c2cccc(Cl)c2)c(=O)n2c1-c1sccc1CC2. The van der Waals surface area contributed by atoms with Gasteiger partial charge in [-0.2, -0.15) is 0 Å². The van der Waals surface area contributed by atoms with Gasteiger partial charge >= 0.3 is 11.9 Å². The van der Waals surface area contributed by atoms with Gasteiger partial charge in [0.2, 0.25) is 0 Å². The Labute approximate surface area is 188 Å². The summed E-state index contributed by atoms with van der Waals surface area (Å²) in [5, 5.41) is 2.52. The van der Waals surface area contributed by atoms with Crippen LogP contribution in [-0.2, 0) is 27.2 Å². The number of terminal acetylenes is 1. The minimum atomic E-state index is -0.630. The summed E-state index contributed by atoms with van der Waals surface area (Å²) in [7, 11) is 2.59. The molecule has 0 unspecified atom stereocenters. The van der Waals surface area contributed by atoms with Gasteiger partial charge in [-0.25, -0.2) is 9.59 Å². The third-order valence-corrected chi connectivity index (χ3v) is 5.90. The number of methoxy groups -OCH3 is 2. The van der Waals surface area contributed by atoms with Crippen molar-refractivity contribution < 1.29 is 19.1 Å². The molecule has 0 bridgehead atoms. The van der Waals surface area contributed by atoms with Gasteiger partial charge in [0.1, 0.15) is 0 Å². The number of benzene rings is 1. The minimum absolute atomic E-state index is 0.121. The Kier molecular flexibility index (Phi) is 6.95. The number of esters is 2. The Morgan fingerprint density at radius 2 is 1.97 bits per heavy atom. The average molecular weight is 456 g/mol. The number of hydrogen-bond donors (Lipinski definition) is 0. The van der Waals surface area contributed by atoms with Crippen molar-refractivity contribution in [1.82, 2.24) is 4.57 Å². The van der Waals surface area contributed by atoms with E-state index in [1.54, 1.807) is 34.8 Å². The van der Waals surface area contributed by atoms with Crippen LogP contribution in [0.5, 0.6) is 0 Å². The zero-order valence-corrected chi connectivity index (χ0v) is 18.4. The van der Waals surface area contributed by atoms with Crippen LogP contribution in [0.15, 0.2) is 46.6 Å². The van der Waals surface area contributed by atoms with E-state index < -0.39 is 11.9 Å². The molecule has 1 aliphatic rings. The number of pyridine rings is 1. The zero-order chi connectivity index (χ0) is 22.5. The van der Waals surface area contributed by atoms with Gasteiger partial charge < -0.3 is 14.0 Å². The summed E-state index contributed by atoms with van der Waals surface area (Å²) in [6, 6.07) is 10.7. The van der Waals surface area contributed by atoms with Crippen molar-refractivity contribution in [2.75, 3.05) is 14.2 Å². The summed E-state index contributed by atoms with van der Waals surface area (Å²) in [4.78, 5) is 36.2. The van der Waals surface area contributed by atoms with Crippen LogP contribution in [0.2, 0.25) is 5.02 Å². The molecular formula is C23H18ClNO5S. The topological polar surface area (TPSA) is 74.6 Å². The van der Waals surface area contributed by atoms with E-state index in [0.717, 1.165) is 16.9 Å². The summed E-state index contributed by atoms with van der Waals surface area (Å²) >= 11 is 7.61. The lowest BCUT2D eigenvalue weighted by molar-refractivity contribution is -0.133. The largest absolute Gasteiger partial charge is 0.465 e. The first kappa shape index (κ1) is 22.3. The number of fused-ring (bicyclic) bond motifs is 3. The Balaban J connectivity index is 0.000000401. The van der Waals surface area contributed by atoms with Gasteiger partial charge in [-0.05, 0) is 47.2 Å². The van der Waals surface area contributed by atoms with Crippen molar-refractivity contribution in [3.63, 3.8) is 0 Å². The third kappa shape index (κ3) is 4.55. The number of ether oxygens (including phenoxy) is 2. The monoisotopic (exact) mass is 455 g/mol. The van der Waals surface area contributed by atoms with E-state index in [4.69, 9.17) is 16.3 Å². The minimum Gasteiger partial charge on any atom is -0.465 e. The normalized spacial score (nSPS) is 11.2. The molecule has 1 aromatic carbocycles. The molecule has 0 amide bonds. The maximum Gasteiger partial charge on any atom is 0.383 e.